The van der Waals surface area contributed by atoms with E-state index in [9.17, 15) is 4.79 Å². The van der Waals surface area contributed by atoms with E-state index in [-0.39, 0.29) is 5.56 Å². The zero-order valence-electron chi connectivity index (χ0n) is 16.5. The second-order valence-electron chi connectivity index (χ2n) is 6.33. The Kier molecular flexibility index (Phi) is 5.81. The maximum Gasteiger partial charge on any atom is 0.263 e. The molecular formula is C20H24N2O3S2. The Hall–Kier alpha value is -1.99. The van der Waals surface area contributed by atoms with Crippen LogP contribution in [0.2, 0.25) is 0 Å². The van der Waals surface area contributed by atoms with Crippen molar-refractivity contribution >= 4 is 33.3 Å². The minimum atomic E-state index is 0.0517. The maximum absolute atomic E-state index is 13.0. The number of thioether (sulfide) groups is 1. The summed E-state index contributed by atoms with van der Waals surface area (Å²) in [6.45, 7) is 8.67. The van der Waals surface area contributed by atoms with Crippen molar-refractivity contribution in [2.45, 2.75) is 45.1 Å². The predicted molar refractivity (Wildman–Crippen MR) is 113 cm³/mol. The van der Waals surface area contributed by atoms with Gasteiger partial charge in [0.2, 0.25) is 0 Å². The third kappa shape index (κ3) is 3.58. The second-order valence-corrected chi connectivity index (χ2v) is 8.48. The summed E-state index contributed by atoms with van der Waals surface area (Å²) in [4.78, 5) is 19.7. The number of hydrogen-bond donors (Lipinski definition) is 0. The van der Waals surface area contributed by atoms with Gasteiger partial charge in [0, 0.05) is 17.2 Å². The smallest absolute Gasteiger partial charge is 0.263 e. The molecule has 0 N–H and O–H groups in total. The first kappa shape index (κ1) is 19.8. The van der Waals surface area contributed by atoms with E-state index in [2.05, 4.69) is 0 Å². The number of fused-ring (bicyclic) bond motifs is 1. The number of ether oxygens (including phenoxy) is 2. The van der Waals surface area contributed by atoms with Gasteiger partial charge in [-0.3, -0.25) is 9.36 Å². The molecule has 3 rings (SSSR count). The lowest BCUT2D eigenvalue weighted by Gasteiger charge is -2.14. The summed E-state index contributed by atoms with van der Waals surface area (Å²) in [5.74, 6) is 2.13. The van der Waals surface area contributed by atoms with Crippen LogP contribution in [0.5, 0.6) is 11.5 Å². The van der Waals surface area contributed by atoms with E-state index >= 15 is 0 Å². The van der Waals surface area contributed by atoms with Gasteiger partial charge >= 0.3 is 0 Å². The summed E-state index contributed by atoms with van der Waals surface area (Å²) in [5.41, 5.74) is 3.35. The van der Waals surface area contributed by atoms with Crippen LogP contribution < -0.4 is 15.0 Å². The molecule has 144 valence electrons. The van der Waals surface area contributed by atoms with E-state index in [0.717, 1.165) is 42.7 Å². The van der Waals surface area contributed by atoms with Gasteiger partial charge < -0.3 is 9.47 Å². The predicted octanol–water partition coefficient (Wildman–Crippen LogP) is 4.71. The molecule has 0 aliphatic carbocycles. The largest absolute Gasteiger partial charge is 0.493 e. The fourth-order valence-electron chi connectivity index (χ4n) is 3.02. The molecule has 1 aromatic carbocycles. The Morgan fingerprint density at radius 3 is 2.44 bits per heavy atom. The quantitative estimate of drug-likeness (QED) is 0.440. The van der Waals surface area contributed by atoms with Crippen molar-refractivity contribution in [2.75, 3.05) is 14.2 Å². The number of aryl methyl sites for hydroxylation is 3. The first-order valence-corrected chi connectivity index (χ1v) is 10.6. The van der Waals surface area contributed by atoms with E-state index < -0.39 is 0 Å². The monoisotopic (exact) mass is 404 g/mol. The average molecular weight is 405 g/mol. The molecule has 0 atom stereocenters. The topological polar surface area (TPSA) is 53.4 Å². The lowest BCUT2D eigenvalue weighted by atomic mass is 10.1. The average Bonchev–Trinajstić information content (AvgIpc) is 2.94. The number of rotatable bonds is 6. The van der Waals surface area contributed by atoms with Crippen LogP contribution in [0.15, 0.2) is 22.1 Å². The van der Waals surface area contributed by atoms with Crippen LogP contribution in [-0.2, 0) is 12.3 Å². The molecule has 0 aliphatic rings. The summed E-state index contributed by atoms with van der Waals surface area (Å²) in [5, 5.41) is 1.51. The van der Waals surface area contributed by atoms with Crippen LogP contribution in [-0.4, -0.2) is 23.8 Å². The zero-order valence-corrected chi connectivity index (χ0v) is 18.1. The lowest BCUT2D eigenvalue weighted by Crippen LogP contribution is -2.22. The standard InChI is InChI=1S/C20H24N2O3S2/c1-7-22-19(23)17-12(3)13(4)27-18(17)21-20(22)26-10-14-9-16(25-6)15(24-5)8-11(14)2/h8-9H,7,10H2,1-6H3. The SMILES string of the molecule is CCn1c(SCc2cc(OC)c(OC)cc2C)nc2sc(C)c(C)c2c1=O. The highest BCUT2D eigenvalue weighted by Crippen LogP contribution is 2.34. The summed E-state index contributed by atoms with van der Waals surface area (Å²) in [7, 11) is 3.27. The van der Waals surface area contributed by atoms with Crippen molar-refractivity contribution in [3.8, 4) is 11.5 Å². The van der Waals surface area contributed by atoms with Gasteiger partial charge in [0.1, 0.15) is 4.83 Å². The number of benzene rings is 1. The van der Waals surface area contributed by atoms with E-state index in [4.69, 9.17) is 14.5 Å². The first-order valence-electron chi connectivity index (χ1n) is 8.76. The van der Waals surface area contributed by atoms with E-state index in [0.29, 0.717) is 18.0 Å². The minimum Gasteiger partial charge on any atom is -0.493 e. The third-order valence-corrected chi connectivity index (χ3v) is 6.90. The number of nitrogens with zero attached hydrogens (tertiary/aromatic N) is 2. The number of methoxy groups -OCH3 is 2. The number of hydrogen-bond acceptors (Lipinski definition) is 6. The molecule has 7 heteroatoms. The molecule has 0 spiro atoms. The van der Waals surface area contributed by atoms with Crippen molar-refractivity contribution in [3.63, 3.8) is 0 Å². The van der Waals surface area contributed by atoms with Gasteiger partial charge in [0.25, 0.3) is 5.56 Å². The molecule has 0 radical (unpaired) electrons. The van der Waals surface area contributed by atoms with Gasteiger partial charge in [-0.25, -0.2) is 4.98 Å². The second kappa shape index (κ2) is 7.94. The first-order chi connectivity index (χ1) is 12.9. The maximum atomic E-state index is 13.0. The molecule has 0 bridgehead atoms. The van der Waals surface area contributed by atoms with Crippen molar-refractivity contribution < 1.29 is 9.47 Å². The van der Waals surface area contributed by atoms with Gasteiger partial charge in [-0.05, 0) is 56.5 Å². The Balaban J connectivity index is 1.99. The highest BCUT2D eigenvalue weighted by molar-refractivity contribution is 7.98. The third-order valence-electron chi connectivity index (χ3n) is 4.77. The van der Waals surface area contributed by atoms with E-state index in [1.807, 2.05) is 39.8 Å². The van der Waals surface area contributed by atoms with Gasteiger partial charge in [-0.1, -0.05) is 11.8 Å². The fraction of sp³-hybridized carbons (Fsp3) is 0.400. The molecule has 3 aromatic rings. The molecule has 0 unspecified atom stereocenters. The zero-order chi connectivity index (χ0) is 19.7. The van der Waals surface area contributed by atoms with Gasteiger partial charge in [0.05, 0.1) is 19.6 Å². The van der Waals surface area contributed by atoms with E-state index in [1.165, 1.54) is 0 Å². The molecule has 0 aliphatic heterocycles. The molecule has 27 heavy (non-hydrogen) atoms. The van der Waals surface area contributed by atoms with Crippen LogP contribution in [0.1, 0.15) is 28.5 Å². The van der Waals surface area contributed by atoms with Gasteiger partial charge in [-0.2, -0.15) is 0 Å². The highest BCUT2D eigenvalue weighted by atomic mass is 32.2. The highest BCUT2D eigenvalue weighted by Gasteiger charge is 2.17. The summed E-state index contributed by atoms with van der Waals surface area (Å²) in [6, 6.07) is 3.97. The summed E-state index contributed by atoms with van der Waals surface area (Å²) < 4.78 is 12.5. The summed E-state index contributed by atoms with van der Waals surface area (Å²) in [6.07, 6.45) is 0. The Morgan fingerprint density at radius 2 is 1.81 bits per heavy atom. The molecule has 0 amide bonds. The fourth-order valence-corrected chi connectivity index (χ4v) is 5.22. The molecule has 2 heterocycles. The van der Waals surface area contributed by atoms with Crippen molar-refractivity contribution in [3.05, 3.63) is 44.1 Å². The molecule has 2 aromatic heterocycles. The molecule has 0 saturated heterocycles. The van der Waals surface area contributed by atoms with Crippen LogP contribution in [0.3, 0.4) is 0 Å². The number of thiophene rings is 1. The Labute approximate surface area is 167 Å². The Bertz CT molecular complexity index is 1050. The van der Waals surface area contributed by atoms with Crippen LogP contribution in [0.4, 0.5) is 0 Å². The van der Waals surface area contributed by atoms with Gasteiger partial charge in [-0.15, -0.1) is 11.3 Å². The van der Waals surface area contributed by atoms with Crippen molar-refractivity contribution in [2.24, 2.45) is 0 Å². The molecular weight excluding hydrogens is 380 g/mol. The molecule has 5 nitrogen and oxygen atoms in total. The van der Waals surface area contributed by atoms with Crippen molar-refractivity contribution in [1.82, 2.24) is 9.55 Å². The number of aromatic nitrogens is 2. The molecule has 0 saturated carbocycles. The van der Waals surface area contributed by atoms with Crippen LogP contribution in [0, 0.1) is 20.8 Å². The van der Waals surface area contributed by atoms with Crippen LogP contribution in [0.25, 0.3) is 10.2 Å². The van der Waals surface area contributed by atoms with Gasteiger partial charge in [0.15, 0.2) is 16.7 Å². The van der Waals surface area contributed by atoms with Crippen molar-refractivity contribution in [1.29, 1.82) is 0 Å². The normalized spacial score (nSPS) is 11.2. The summed E-state index contributed by atoms with van der Waals surface area (Å²) >= 11 is 3.17. The van der Waals surface area contributed by atoms with Crippen LogP contribution >= 0.6 is 23.1 Å². The lowest BCUT2D eigenvalue weighted by molar-refractivity contribution is 0.354. The minimum absolute atomic E-state index is 0.0517. The van der Waals surface area contributed by atoms with E-state index in [1.54, 1.807) is 41.9 Å². The Morgan fingerprint density at radius 1 is 1.15 bits per heavy atom. The molecule has 0 fully saturated rings.